The Bertz CT molecular complexity index is 272. The fourth-order valence-corrected chi connectivity index (χ4v) is 3.85. The molecule has 4 atom stereocenters. The van der Waals surface area contributed by atoms with Gasteiger partial charge in [0.1, 0.15) is 5.78 Å². The van der Waals surface area contributed by atoms with Crippen molar-refractivity contribution in [3.8, 4) is 0 Å². The maximum Gasteiger partial charge on any atom is 0.133 e. The second-order valence-electron chi connectivity index (χ2n) is 6.10. The number of aliphatic hydroxyl groups is 1. The predicted octanol–water partition coefficient (Wildman–Crippen LogP) is 2.40. The Morgan fingerprint density at radius 2 is 2.13 bits per heavy atom. The van der Waals surface area contributed by atoms with Crippen LogP contribution in [0.5, 0.6) is 0 Å². The molecule has 0 aliphatic heterocycles. The standard InChI is InChI=1S/C13H22O2/c1-8(2)12-10-6-9(14)4-5-13(10,3)7-11(12)15/h8,10-12,15H,4-7H2,1-3H3/t10-,11+,12+,13-/m1/s1. The monoisotopic (exact) mass is 210 g/mol. The highest BCUT2D eigenvalue weighted by molar-refractivity contribution is 5.79. The van der Waals surface area contributed by atoms with E-state index in [4.69, 9.17) is 0 Å². The molecule has 0 spiro atoms. The minimum Gasteiger partial charge on any atom is -0.393 e. The first kappa shape index (κ1) is 11.1. The van der Waals surface area contributed by atoms with Crippen molar-refractivity contribution in [1.82, 2.24) is 0 Å². The van der Waals surface area contributed by atoms with Gasteiger partial charge in [-0.1, -0.05) is 20.8 Å². The molecule has 2 aliphatic carbocycles. The molecule has 2 heteroatoms. The molecule has 0 bridgehead atoms. The lowest BCUT2D eigenvalue weighted by molar-refractivity contribution is -0.125. The minimum absolute atomic E-state index is 0.189. The Labute approximate surface area is 92.1 Å². The highest BCUT2D eigenvalue weighted by atomic mass is 16.3. The summed E-state index contributed by atoms with van der Waals surface area (Å²) in [5.74, 6) is 1.64. The van der Waals surface area contributed by atoms with Crippen LogP contribution in [0.1, 0.15) is 46.5 Å². The van der Waals surface area contributed by atoms with Gasteiger partial charge in [0.15, 0.2) is 0 Å². The van der Waals surface area contributed by atoms with E-state index in [9.17, 15) is 9.90 Å². The maximum absolute atomic E-state index is 11.5. The van der Waals surface area contributed by atoms with Gasteiger partial charge in [0.05, 0.1) is 6.10 Å². The van der Waals surface area contributed by atoms with Gasteiger partial charge in [-0.15, -0.1) is 0 Å². The smallest absolute Gasteiger partial charge is 0.133 e. The number of aliphatic hydroxyl groups excluding tert-OH is 1. The van der Waals surface area contributed by atoms with E-state index in [0.717, 1.165) is 19.3 Å². The summed E-state index contributed by atoms with van der Waals surface area (Å²) in [5.41, 5.74) is 0.224. The van der Waals surface area contributed by atoms with E-state index in [1.165, 1.54) is 0 Å². The Morgan fingerprint density at radius 3 is 2.73 bits per heavy atom. The summed E-state index contributed by atoms with van der Waals surface area (Å²) in [6.07, 6.45) is 3.12. The van der Waals surface area contributed by atoms with Gasteiger partial charge < -0.3 is 5.11 Å². The van der Waals surface area contributed by atoms with Gasteiger partial charge >= 0.3 is 0 Å². The van der Waals surface area contributed by atoms with Gasteiger partial charge in [0.25, 0.3) is 0 Å². The highest BCUT2D eigenvalue weighted by Crippen LogP contribution is 2.55. The normalized spacial score (nSPS) is 45.9. The molecule has 2 saturated carbocycles. The molecule has 0 saturated heterocycles. The number of hydrogen-bond donors (Lipinski definition) is 1. The van der Waals surface area contributed by atoms with Crippen LogP contribution in [0, 0.1) is 23.2 Å². The quantitative estimate of drug-likeness (QED) is 0.721. The summed E-state index contributed by atoms with van der Waals surface area (Å²) < 4.78 is 0. The first-order valence-corrected chi connectivity index (χ1v) is 6.14. The van der Waals surface area contributed by atoms with E-state index in [1.807, 2.05) is 0 Å². The van der Waals surface area contributed by atoms with E-state index in [2.05, 4.69) is 20.8 Å². The lowest BCUT2D eigenvalue weighted by atomic mass is 9.65. The number of carbonyl (C=O) groups excluding carboxylic acids is 1. The first-order valence-electron chi connectivity index (χ1n) is 6.14. The zero-order valence-electron chi connectivity index (χ0n) is 9.99. The molecule has 2 rings (SSSR count). The van der Waals surface area contributed by atoms with Crippen molar-refractivity contribution in [2.75, 3.05) is 0 Å². The van der Waals surface area contributed by atoms with Gasteiger partial charge in [-0.05, 0) is 36.0 Å². The van der Waals surface area contributed by atoms with Gasteiger partial charge in [-0.2, -0.15) is 0 Å². The highest BCUT2D eigenvalue weighted by Gasteiger charge is 2.53. The van der Waals surface area contributed by atoms with Crippen molar-refractivity contribution < 1.29 is 9.90 Å². The number of ketones is 1. The van der Waals surface area contributed by atoms with Crippen LogP contribution in [0.15, 0.2) is 0 Å². The molecule has 2 fully saturated rings. The molecule has 86 valence electrons. The minimum atomic E-state index is -0.189. The van der Waals surface area contributed by atoms with Crippen molar-refractivity contribution in [3.63, 3.8) is 0 Å². The number of Topliss-reactive ketones (excluding diaryl/α,β-unsaturated/α-hetero) is 1. The van der Waals surface area contributed by atoms with Gasteiger partial charge in [0, 0.05) is 12.8 Å². The Kier molecular flexibility index (Phi) is 2.66. The largest absolute Gasteiger partial charge is 0.393 e. The predicted molar refractivity (Wildman–Crippen MR) is 59.4 cm³/mol. The zero-order chi connectivity index (χ0) is 11.2. The summed E-state index contributed by atoms with van der Waals surface area (Å²) in [6, 6.07) is 0. The van der Waals surface area contributed by atoms with Gasteiger partial charge in [0.2, 0.25) is 0 Å². The van der Waals surface area contributed by atoms with Crippen LogP contribution in [0.4, 0.5) is 0 Å². The molecule has 0 heterocycles. The lowest BCUT2D eigenvalue weighted by Gasteiger charge is -2.38. The van der Waals surface area contributed by atoms with Crippen LogP contribution in [0.3, 0.4) is 0 Å². The summed E-state index contributed by atoms with van der Waals surface area (Å²) in [5, 5.41) is 10.1. The zero-order valence-corrected chi connectivity index (χ0v) is 9.99. The maximum atomic E-state index is 11.5. The Morgan fingerprint density at radius 1 is 1.47 bits per heavy atom. The molecule has 0 unspecified atom stereocenters. The lowest BCUT2D eigenvalue weighted by Crippen LogP contribution is -2.35. The summed E-state index contributed by atoms with van der Waals surface area (Å²) >= 11 is 0. The van der Waals surface area contributed by atoms with Crippen LogP contribution in [-0.2, 0) is 4.79 Å². The van der Waals surface area contributed by atoms with E-state index in [0.29, 0.717) is 30.0 Å². The third-order valence-electron chi connectivity index (χ3n) is 4.67. The van der Waals surface area contributed by atoms with Crippen molar-refractivity contribution in [2.24, 2.45) is 23.2 Å². The average Bonchev–Trinajstić information content (AvgIpc) is 2.36. The van der Waals surface area contributed by atoms with Crippen LogP contribution in [0.25, 0.3) is 0 Å². The SMILES string of the molecule is CC(C)[C@H]1[C@H]2CC(=O)CC[C@]2(C)C[C@@H]1O. The summed E-state index contributed by atoms with van der Waals surface area (Å²) in [7, 11) is 0. The van der Waals surface area contributed by atoms with E-state index in [-0.39, 0.29) is 11.5 Å². The fraction of sp³-hybridized carbons (Fsp3) is 0.923. The van der Waals surface area contributed by atoms with Crippen LogP contribution < -0.4 is 0 Å². The fourth-order valence-electron chi connectivity index (χ4n) is 3.85. The number of fused-ring (bicyclic) bond motifs is 1. The average molecular weight is 210 g/mol. The molecule has 0 aromatic heterocycles. The third kappa shape index (κ3) is 1.73. The van der Waals surface area contributed by atoms with Crippen LogP contribution in [-0.4, -0.2) is 17.0 Å². The molecule has 0 radical (unpaired) electrons. The molecule has 2 aliphatic rings. The second-order valence-corrected chi connectivity index (χ2v) is 6.10. The van der Waals surface area contributed by atoms with Crippen molar-refractivity contribution in [1.29, 1.82) is 0 Å². The molecule has 15 heavy (non-hydrogen) atoms. The molecular weight excluding hydrogens is 188 g/mol. The number of hydrogen-bond acceptors (Lipinski definition) is 2. The topological polar surface area (TPSA) is 37.3 Å². The van der Waals surface area contributed by atoms with E-state index < -0.39 is 0 Å². The van der Waals surface area contributed by atoms with E-state index in [1.54, 1.807) is 0 Å². The second kappa shape index (κ2) is 3.58. The number of rotatable bonds is 1. The Balaban J connectivity index is 2.25. The molecule has 0 aromatic rings. The molecular formula is C13H22O2. The molecule has 1 N–H and O–H groups in total. The Hall–Kier alpha value is -0.370. The van der Waals surface area contributed by atoms with Crippen molar-refractivity contribution in [3.05, 3.63) is 0 Å². The summed E-state index contributed by atoms with van der Waals surface area (Å²) in [4.78, 5) is 11.5. The number of carbonyl (C=O) groups is 1. The van der Waals surface area contributed by atoms with E-state index >= 15 is 0 Å². The first-order chi connectivity index (χ1) is 6.94. The van der Waals surface area contributed by atoms with Gasteiger partial charge in [-0.25, -0.2) is 0 Å². The van der Waals surface area contributed by atoms with Crippen molar-refractivity contribution >= 4 is 5.78 Å². The molecule has 2 nitrogen and oxygen atoms in total. The van der Waals surface area contributed by atoms with Crippen LogP contribution >= 0.6 is 0 Å². The van der Waals surface area contributed by atoms with Gasteiger partial charge in [-0.3, -0.25) is 4.79 Å². The van der Waals surface area contributed by atoms with Crippen molar-refractivity contribution in [2.45, 2.75) is 52.6 Å². The third-order valence-corrected chi connectivity index (χ3v) is 4.67. The van der Waals surface area contributed by atoms with Crippen LogP contribution in [0.2, 0.25) is 0 Å². The molecule has 0 amide bonds. The molecule has 0 aromatic carbocycles. The summed E-state index contributed by atoms with van der Waals surface area (Å²) in [6.45, 7) is 6.59.